The van der Waals surface area contributed by atoms with Crippen LogP contribution in [0.3, 0.4) is 0 Å². The number of aliphatic hydroxyl groups is 1. The highest BCUT2D eigenvalue weighted by Gasteiger charge is 2.32. The molecule has 1 aromatic carbocycles. The van der Waals surface area contributed by atoms with Crippen molar-refractivity contribution >= 4 is 5.91 Å². The highest BCUT2D eigenvalue weighted by Crippen LogP contribution is 2.28. The number of carbonyl (C=O) groups excluding carboxylic acids is 1. The van der Waals surface area contributed by atoms with Crippen LogP contribution in [0.15, 0.2) is 36.9 Å². The molecular weight excluding hydrogens is 256 g/mol. The number of hydrogen-bond acceptors (Lipinski definition) is 4. The largest absolute Gasteiger partial charge is 0.395 e. The topological polar surface area (TPSA) is 71.2 Å². The van der Waals surface area contributed by atoms with E-state index >= 15 is 0 Å². The highest BCUT2D eigenvalue weighted by atomic mass is 16.3. The van der Waals surface area contributed by atoms with Crippen molar-refractivity contribution in [2.75, 3.05) is 13.2 Å². The zero-order valence-corrected chi connectivity index (χ0v) is 11.0. The van der Waals surface area contributed by atoms with Crippen LogP contribution in [0.2, 0.25) is 0 Å². The molecule has 1 saturated carbocycles. The predicted octanol–water partition coefficient (Wildman–Crippen LogP) is 0.864. The Morgan fingerprint density at radius 2 is 1.90 bits per heavy atom. The predicted molar refractivity (Wildman–Crippen MR) is 72.5 cm³/mol. The van der Waals surface area contributed by atoms with Crippen LogP contribution in [-0.4, -0.2) is 49.9 Å². The minimum Gasteiger partial charge on any atom is -0.395 e. The fraction of sp³-hybridized carbons (Fsp3) is 0.357. The fourth-order valence-corrected chi connectivity index (χ4v) is 2.22. The molecule has 20 heavy (non-hydrogen) atoms. The first-order valence-electron chi connectivity index (χ1n) is 6.66. The lowest BCUT2D eigenvalue weighted by Gasteiger charge is -2.21. The van der Waals surface area contributed by atoms with E-state index in [4.69, 9.17) is 5.11 Å². The smallest absolute Gasteiger partial charge is 0.254 e. The molecule has 6 nitrogen and oxygen atoms in total. The molecule has 0 spiro atoms. The number of benzene rings is 1. The van der Waals surface area contributed by atoms with Gasteiger partial charge in [-0.1, -0.05) is 0 Å². The average molecular weight is 272 g/mol. The molecule has 1 N–H and O–H groups in total. The number of rotatable bonds is 5. The molecule has 0 aliphatic heterocycles. The standard InChI is InChI=1S/C14H16N4O2/c19-8-7-18(13-5-6-13)14(20)11-1-3-12(4-2-11)17-9-15-16-10-17/h1-4,9-10,13,19H,5-8H2. The number of carbonyl (C=O) groups is 1. The first-order chi connectivity index (χ1) is 9.79. The van der Waals surface area contributed by atoms with E-state index in [1.165, 1.54) is 0 Å². The van der Waals surface area contributed by atoms with E-state index in [2.05, 4.69) is 10.2 Å². The van der Waals surface area contributed by atoms with E-state index in [1.807, 2.05) is 12.1 Å². The third kappa shape index (κ3) is 2.55. The Hall–Kier alpha value is -2.21. The first kappa shape index (κ1) is 12.8. The molecule has 1 aromatic heterocycles. The van der Waals surface area contributed by atoms with Crippen molar-refractivity contribution in [3.05, 3.63) is 42.5 Å². The molecular formula is C14H16N4O2. The maximum absolute atomic E-state index is 12.4. The maximum atomic E-state index is 12.4. The number of amides is 1. The summed E-state index contributed by atoms with van der Waals surface area (Å²) >= 11 is 0. The van der Waals surface area contributed by atoms with Crippen LogP contribution in [-0.2, 0) is 0 Å². The Kier molecular flexibility index (Phi) is 3.47. The second kappa shape index (κ2) is 5.42. The van der Waals surface area contributed by atoms with Gasteiger partial charge in [-0.2, -0.15) is 0 Å². The highest BCUT2D eigenvalue weighted by molar-refractivity contribution is 5.94. The molecule has 0 radical (unpaired) electrons. The lowest BCUT2D eigenvalue weighted by molar-refractivity contribution is 0.0707. The Labute approximate surface area is 116 Å². The Morgan fingerprint density at radius 1 is 1.25 bits per heavy atom. The van der Waals surface area contributed by atoms with Gasteiger partial charge in [0, 0.05) is 23.8 Å². The summed E-state index contributed by atoms with van der Waals surface area (Å²) in [6.45, 7) is 0.401. The van der Waals surface area contributed by atoms with E-state index in [0.29, 0.717) is 18.2 Å². The van der Waals surface area contributed by atoms with Crippen LogP contribution in [0.1, 0.15) is 23.2 Å². The number of aliphatic hydroxyl groups excluding tert-OH is 1. The van der Waals surface area contributed by atoms with E-state index in [-0.39, 0.29) is 12.5 Å². The van der Waals surface area contributed by atoms with Crippen molar-refractivity contribution < 1.29 is 9.90 Å². The van der Waals surface area contributed by atoms with Crippen LogP contribution in [0.4, 0.5) is 0 Å². The SMILES string of the molecule is O=C(c1ccc(-n2cnnc2)cc1)N(CCO)C1CC1. The average Bonchev–Trinajstić information content (AvgIpc) is 3.17. The van der Waals surface area contributed by atoms with Gasteiger partial charge in [0.1, 0.15) is 12.7 Å². The van der Waals surface area contributed by atoms with Gasteiger partial charge in [-0.05, 0) is 37.1 Å². The summed E-state index contributed by atoms with van der Waals surface area (Å²) in [7, 11) is 0. The second-order valence-electron chi connectivity index (χ2n) is 4.87. The lowest BCUT2D eigenvalue weighted by atomic mass is 10.1. The van der Waals surface area contributed by atoms with Gasteiger partial charge in [0.05, 0.1) is 6.61 Å². The quantitative estimate of drug-likeness (QED) is 0.876. The summed E-state index contributed by atoms with van der Waals surface area (Å²) in [5.74, 6) is -0.0168. The number of aromatic nitrogens is 3. The van der Waals surface area contributed by atoms with Gasteiger partial charge in [0.15, 0.2) is 0 Å². The molecule has 1 fully saturated rings. The maximum Gasteiger partial charge on any atom is 0.254 e. The molecule has 104 valence electrons. The van der Waals surface area contributed by atoms with Crippen molar-refractivity contribution in [1.82, 2.24) is 19.7 Å². The van der Waals surface area contributed by atoms with Gasteiger partial charge in [0.25, 0.3) is 5.91 Å². The van der Waals surface area contributed by atoms with Gasteiger partial charge in [-0.3, -0.25) is 9.36 Å². The van der Waals surface area contributed by atoms with Crippen LogP contribution >= 0.6 is 0 Å². The molecule has 0 unspecified atom stereocenters. The van der Waals surface area contributed by atoms with Crippen LogP contribution in [0.5, 0.6) is 0 Å². The normalized spacial score (nSPS) is 14.2. The van der Waals surface area contributed by atoms with E-state index in [0.717, 1.165) is 18.5 Å². The second-order valence-corrected chi connectivity index (χ2v) is 4.87. The van der Waals surface area contributed by atoms with Crippen molar-refractivity contribution in [1.29, 1.82) is 0 Å². The van der Waals surface area contributed by atoms with E-state index < -0.39 is 0 Å². The lowest BCUT2D eigenvalue weighted by Crippen LogP contribution is -2.35. The van der Waals surface area contributed by atoms with Gasteiger partial charge < -0.3 is 10.0 Å². The van der Waals surface area contributed by atoms with Gasteiger partial charge in [-0.25, -0.2) is 0 Å². The molecule has 0 atom stereocenters. The molecule has 2 aromatic rings. The van der Waals surface area contributed by atoms with Crippen molar-refractivity contribution in [3.63, 3.8) is 0 Å². The zero-order chi connectivity index (χ0) is 13.9. The van der Waals surface area contributed by atoms with Gasteiger partial charge in [-0.15, -0.1) is 10.2 Å². The summed E-state index contributed by atoms with van der Waals surface area (Å²) in [6, 6.07) is 7.61. The van der Waals surface area contributed by atoms with Crippen LogP contribution in [0, 0.1) is 0 Å². The van der Waals surface area contributed by atoms with Crippen molar-refractivity contribution in [3.8, 4) is 5.69 Å². The molecule has 0 bridgehead atoms. The molecule has 1 amide bonds. The molecule has 1 heterocycles. The molecule has 1 aliphatic rings. The minimum atomic E-state index is -0.0168. The first-order valence-corrected chi connectivity index (χ1v) is 6.66. The van der Waals surface area contributed by atoms with E-state index in [1.54, 1.807) is 34.3 Å². The van der Waals surface area contributed by atoms with Crippen molar-refractivity contribution in [2.45, 2.75) is 18.9 Å². The molecule has 3 rings (SSSR count). The Morgan fingerprint density at radius 3 is 2.45 bits per heavy atom. The summed E-state index contributed by atoms with van der Waals surface area (Å²) in [4.78, 5) is 14.2. The van der Waals surface area contributed by atoms with E-state index in [9.17, 15) is 4.79 Å². The number of nitrogens with zero attached hydrogens (tertiary/aromatic N) is 4. The summed E-state index contributed by atoms with van der Waals surface area (Å²) in [5.41, 5.74) is 1.55. The summed E-state index contributed by atoms with van der Waals surface area (Å²) in [6.07, 6.45) is 5.28. The summed E-state index contributed by atoms with van der Waals surface area (Å²) < 4.78 is 1.78. The third-order valence-electron chi connectivity index (χ3n) is 3.42. The zero-order valence-electron chi connectivity index (χ0n) is 11.0. The third-order valence-corrected chi connectivity index (χ3v) is 3.42. The van der Waals surface area contributed by atoms with Gasteiger partial charge in [0.2, 0.25) is 0 Å². The van der Waals surface area contributed by atoms with Crippen LogP contribution in [0.25, 0.3) is 5.69 Å². The molecule has 6 heteroatoms. The van der Waals surface area contributed by atoms with Crippen LogP contribution < -0.4 is 0 Å². The fourth-order valence-electron chi connectivity index (χ4n) is 2.22. The monoisotopic (exact) mass is 272 g/mol. The molecule has 1 aliphatic carbocycles. The minimum absolute atomic E-state index is 0.00102. The molecule has 0 saturated heterocycles. The Balaban J connectivity index is 1.78. The van der Waals surface area contributed by atoms with Crippen molar-refractivity contribution in [2.24, 2.45) is 0 Å². The number of hydrogen-bond donors (Lipinski definition) is 1. The Bertz CT molecular complexity index is 576. The summed E-state index contributed by atoms with van der Waals surface area (Å²) in [5, 5.41) is 16.6. The van der Waals surface area contributed by atoms with Gasteiger partial charge >= 0.3 is 0 Å².